The van der Waals surface area contributed by atoms with Crippen LogP contribution in [0.2, 0.25) is 0 Å². The first-order valence-electron chi connectivity index (χ1n) is 4.45. The molecule has 2 N–H and O–H groups in total. The van der Waals surface area contributed by atoms with Gasteiger partial charge in [0, 0.05) is 19.4 Å². The van der Waals surface area contributed by atoms with Gasteiger partial charge in [-0.25, -0.2) is 9.97 Å². The summed E-state index contributed by atoms with van der Waals surface area (Å²) in [4.78, 5) is 19.2. The molecule has 0 bridgehead atoms. The SMILES string of the molecule is CNC(=O)C(C)NCc1ncccn1. The van der Waals surface area contributed by atoms with Gasteiger partial charge in [-0.2, -0.15) is 0 Å². The topological polar surface area (TPSA) is 66.9 Å². The maximum Gasteiger partial charge on any atom is 0.236 e. The number of nitrogens with one attached hydrogen (secondary N) is 2. The van der Waals surface area contributed by atoms with E-state index in [1.54, 1.807) is 32.4 Å². The third-order valence-corrected chi connectivity index (χ3v) is 1.83. The van der Waals surface area contributed by atoms with E-state index in [4.69, 9.17) is 0 Å². The molecule has 14 heavy (non-hydrogen) atoms. The molecule has 5 heteroatoms. The van der Waals surface area contributed by atoms with E-state index < -0.39 is 0 Å². The van der Waals surface area contributed by atoms with Gasteiger partial charge in [-0.15, -0.1) is 0 Å². The highest BCUT2D eigenvalue weighted by Crippen LogP contribution is 1.88. The number of amides is 1. The van der Waals surface area contributed by atoms with Crippen molar-refractivity contribution in [2.75, 3.05) is 7.05 Å². The van der Waals surface area contributed by atoms with E-state index >= 15 is 0 Å². The molecule has 1 unspecified atom stereocenters. The first-order chi connectivity index (χ1) is 6.74. The molecule has 0 aromatic carbocycles. The van der Waals surface area contributed by atoms with Gasteiger partial charge in [0.05, 0.1) is 12.6 Å². The highest BCUT2D eigenvalue weighted by atomic mass is 16.2. The maximum atomic E-state index is 11.1. The monoisotopic (exact) mass is 194 g/mol. The second-order valence-corrected chi connectivity index (χ2v) is 2.88. The lowest BCUT2D eigenvalue weighted by atomic mass is 10.3. The van der Waals surface area contributed by atoms with Crippen LogP contribution in [0.15, 0.2) is 18.5 Å². The predicted octanol–water partition coefficient (Wildman–Crippen LogP) is -0.299. The van der Waals surface area contributed by atoms with Gasteiger partial charge in [0.15, 0.2) is 0 Å². The molecule has 0 radical (unpaired) electrons. The zero-order valence-corrected chi connectivity index (χ0v) is 8.32. The van der Waals surface area contributed by atoms with Crippen molar-refractivity contribution in [3.8, 4) is 0 Å². The predicted molar refractivity (Wildman–Crippen MR) is 52.4 cm³/mol. The average molecular weight is 194 g/mol. The summed E-state index contributed by atoms with van der Waals surface area (Å²) in [5.74, 6) is 0.643. The summed E-state index contributed by atoms with van der Waals surface area (Å²) in [5.41, 5.74) is 0. The van der Waals surface area contributed by atoms with Crippen LogP contribution in [-0.2, 0) is 11.3 Å². The molecular weight excluding hydrogens is 180 g/mol. The van der Waals surface area contributed by atoms with Gasteiger partial charge in [-0.3, -0.25) is 10.1 Å². The van der Waals surface area contributed by atoms with E-state index in [-0.39, 0.29) is 11.9 Å². The summed E-state index contributed by atoms with van der Waals surface area (Å²) in [6, 6.07) is 1.52. The van der Waals surface area contributed by atoms with Gasteiger partial charge < -0.3 is 5.32 Å². The van der Waals surface area contributed by atoms with Gasteiger partial charge in [0.2, 0.25) is 5.91 Å². The van der Waals surface area contributed by atoms with E-state index in [9.17, 15) is 4.79 Å². The Kier molecular flexibility index (Phi) is 4.00. The van der Waals surface area contributed by atoms with Crippen molar-refractivity contribution in [2.24, 2.45) is 0 Å². The molecule has 0 aliphatic heterocycles. The molecule has 0 fully saturated rings. The third-order valence-electron chi connectivity index (χ3n) is 1.83. The minimum absolute atomic E-state index is 0.0408. The Balaban J connectivity index is 2.38. The normalized spacial score (nSPS) is 12.1. The largest absolute Gasteiger partial charge is 0.358 e. The van der Waals surface area contributed by atoms with Gasteiger partial charge in [0.1, 0.15) is 5.82 Å². The number of carbonyl (C=O) groups is 1. The Morgan fingerprint density at radius 2 is 2.14 bits per heavy atom. The molecule has 0 saturated carbocycles. The van der Waals surface area contributed by atoms with Crippen molar-refractivity contribution < 1.29 is 4.79 Å². The van der Waals surface area contributed by atoms with Gasteiger partial charge in [-0.1, -0.05) is 0 Å². The van der Waals surface area contributed by atoms with Crippen LogP contribution in [0.1, 0.15) is 12.7 Å². The number of rotatable bonds is 4. The van der Waals surface area contributed by atoms with E-state index in [0.29, 0.717) is 12.4 Å². The molecule has 1 atom stereocenters. The van der Waals surface area contributed by atoms with Crippen LogP contribution in [0.3, 0.4) is 0 Å². The first-order valence-corrected chi connectivity index (χ1v) is 4.45. The summed E-state index contributed by atoms with van der Waals surface area (Å²) >= 11 is 0. The number of aromatic nitrogens is 2. The summed E-state index contributed by atoms with van der Waals surface area (Å²) in [6.07, 6.45) is 3.35. The zero-order valence-electron chi connectivity index (χ0n) is 8.32. The molecule has 0 aliphatic rings. The summed E-state index contributed by atoms with van der Waals surface area (Å²) in [7, 11) is 1.61. The Hall–Kier alpha value is -1.49. The van der Waals surface area contributed by atoms with E-state index in [2.05, 4.69) is 20.6 Å². The van der Waals surface area contributed by atoms with Crippen molar-refractivity contribution in [1.82, 2.24) is 20.6 Å². The molecule has 0 spiro atoms. The van der Waals surface area contributed by atoms with Crippen LogP contribution >= 0.6 is 0 Å². The van der Waals surface area contributed by atoms with Crippen LogP contribution in [-0.4, -0.2) is 29.0 Å². The van der Waals surface area contributed by atoms with Gasteiger partial charge in [-0.05, 0) is 13.0 Å². The molecule has 1 amide bonds. The van der Waals surface area contributed by atoms with E-state index in [1.807, 2.05) is 0 Å². The smallest absolute Gasteiger partial charge is 0.236 e. The molecule has 0 saturated heterocycles. The summed E-state index contributed by atoms with van der Waals surface area (Å²) in [6.45, 7) is 2.29. The van der Waals surface area contributed by atoms with E-state index in [0.717, 1.165) is 0 Å². The van der Waals surface area contributed by atoms with Crippen LogP contribution in [0.5, 0.6) is 0 Å². The third kappa shape index (κ3) is 3.10. The Morgan fingerprint density at radius 3 is 2.71 bits per heavy atom. The second-order valence-electron chi connectivity index (χ2n) is 2.88. The Morgan fingerprint density at radius 1 is 1.50 bits per heavy atom. The first kappa shape index (κ1) is 10.6. The van der Waals surface area contributed by atoms with Crippen LogP contribution in [0.25, 0.3) is 0 Å². The highest BCUT2D eigenvalue weighted by molar-refractivity contribution is 5.80. The zero-order chi connectivity index (χ0) is 10.4. The van der Waals surface area contributed by atoms with E-state index in [1.165, 1.54) is 0 Å². The van der Waals surface area contributed by atoms with Gasteiger partial charge >= 0.3 is 0 Å². The number of hydrogen-bond acceptors (Lipinski definition) is 4. The van der Waals surface area contributed by atoms with Crippen LogP contribution in [0.4, 0.5) is 0 Å². The quantitative estimate of drug-likeness (QED) is 0.690. The highest BCUT2D eigenvalue weighted by Gasteiger charge is 2.09. The number of nitrogens with zero attached hydrogens (tertiary/aromatic N) is 2. The summed E-state index contributed by atoms with van der Waals surface area (Å²) in [5, 5.41) is 5.57. The van der Waals surface area contributed by atoms with Crippen molar-refractivity contribution >= 4 is 5.91 Å². The lowest BCUT2D eigenvalue weighted by Gasteiger charge is -2.10. The maximum absolute atomic E-state index is 11.1. The number of likely N-dealkylation sites (N-methyl/N-ethyl adjacent to an activating group) is 1. The lowest BCUT2D eigenvalue weighted by Crippen LogP contribution is -2.40. The van der Waals surface area contributed by atoms with Crippen LogP contribution in [0, 0.1) is 0 Å². The van der Waals surface area contributed by atoms with Crippen molar-refractivity contribution in [3.05, 3.63) is 24.3 Å². The minimum atomic E-state index is -0.233. The molecular formula is C9H14N4O. The molecule has 1 aromatic heterocycles. The summed E-state index contributed by atoms with van der Waals surface area (Å²) < 4.78 is 0. The second kappa shape index (κ2) is 5.29. The average Bonchev–Trinajstić information content (AvgIpc) is 2.26. The number of carbonyl (C=O) groups excluding carboxylic acids is 1. The fourth-order valence-electron chi connectivity index (χ4n) is 0.975. The molecule has 1 heterocycles. The van der Waals surface area contributed by atoms with Crippen molar-refractivity contribution in [1.29, 1.82) is 0 Å². The minimum Gasteiger partial charge on any atom is -0.358 e. The lowest BCUT2D eigenvalue weighted by molar-refractivity contribution is -0.122. The molecule has 1 aromatic rings. The molecule has 0 aliphatic carbocycles. The van der Waals surface area contributed by atoms with Crippen molar-refractivity contribution in [2.45, 2.75) is 19.5 Å². The van der Waals surface area contributed by atoms with Crippen LogP contribution < -0.4 is 10.6 Å². The van der Waals surface area contributed by atoms with Crippen molar-refractivity contribution in [3.63, 3.8) is 0 Å². The Labute approximate surface area is 83.0 Å². The fraction of sp³-hybridized carbons (Fsp3) is 0.444. The fourth-order valence-corrected chi connectivity index (χ4v) is 0.975. The molecule has 76 valence electrons. The molecule has 5 nitrogen and oxygen atoms in total. The standard InChI is InChI=1S/C9H14N4O/c1-7(9(14)10-2)13-6-8-11-4-3-5-12-8/h3-5,7,13H,6H2,1-2H3,(H,10,14). The number of hydrogen-bond donors (Lipinski definition) is 2. The Bertz CT molecular complexity index is 288. The van der Waals surface area contributed by atoms with Gasteiger partial charge in [0.25, 0.3) is 0 Å². The molecule has 1 rings (SSSR count).